The maximum atomic E-state index is 10.6. The molecule has 1 rings (SSSR count). The van der Waals surface area contributed by atoms with Crippen molar-refractivity contribution in [1.29, 1.82) is 0 Å². The molecular weight excluding hydrogens is 246 g/mol. The summed E-state index contributed by atoms with van der Waals surface area (Å²) in [5.74, 6) is -1.75. The Kier molecular flexibility index (Phi) is 3.12. The third kappa shape index (κ3) is 1.79. The molecule has 0 saturated heterocycles. The Morgan fingerprint density at radius 2 is 2.50 bits per heavy atom. The van der Waals surface area contributed by atoms with Crippen LogP contribution in [0.4, 0.5) is 0 Å². The van der Waals surface area contributed by atoms with E-state index in [0.29, 0.717) is 9.48 Å². The van der Waals surface area contributed by atoms with Crippen LogP contribution in [0.2, 0.25) is 0 Å². The van der Waals surface area contributed by atoms with Gasteiger partial charge < -0.3 is 10.8 Å². The zero-order chi connectivity index (χ0) is 9.14. The number of carbonyl (C=O) groups is 1. The number of halogens is 1. The summed E-state index contributed by atoms with van der Waals surface area (Å²) in [7, 11) is 0. The lowest BCUT2D eigenvalue weighted by molar-refractivity contribution is -0.138. The molecule has 12 heavy (non-hydrogen) atoms. The number of nitrogens with zero attached hydrogens (tertiary/aromatic N) is 2. The van der Waals surface area contributed by atoms with Crippen LogP contribution in [0.5, 0.6) is 0 Å². The van der Waals surface area contributed by atoms with Crippen LogP contribution in [0.25, 0.3) is 0 Å². The minimum absolute atomic E-state index is 0.0271. The van der Waals surface area contributed by atoms with Crippen LogP contribution in [-0.4, -0.2) is 27.2 Å². The van der Waals surface area contributed by atoms with Gasteiger partial charge in [-0.05, 0) is 27.5 Å². The van der Waals surface area contributed by atoms with Gasteiger partial charge in [0.2, 0.25) is 0 Å². The van der Waals surface area contributed by atoms with E-state index in [-0.39, 0.29) is 6.54 Å². The molecule has 1 aromatic heterocycles. The quantitative estimate of drug-likeness (QED) is 0.814. The second-order valence-electron chi connectivity index (χ2n) is 2.06. The maximum Gasteiger partial charge on any atom is 0.314 e. The molecule has 0 aromatic carbocycles. The number of carboxylic acid groups (broad SMARTS) is 1. The summed E-state index contributed by atoms with van der Waals surface area (Å²) in [6, 6.07) is 0. The molecule has 66 valence electrons. The van der Waals surface area contributed by atoms with Crippen molar-refractivity contribution in [3.05, 3.63) is 9.48 Å². The minimum Gasteiger partial charge on any atom is -0.481 e. The largest absolute Gasteiger partial charge is 0.481 e. The summed E-state index contributed by atoms with van der Waals surface area (Å²) in [6.07, 6.45) is 0. The van der Waals surface area contributed by atoms with E-state index in [2.05, 4.69) is 25.5 Å². The van der Waals surface area contributed by atoms with Gasteiger partial charge in [-0.25, -0.2) is 0 Å². The highest BCUT2D eigenvalue weighted by Gasteiger charge is 2.23. The number of carboxylic acids is 1. The topological polar surface area (TPSA) is 89.1 Å². The number of hydrogen-bond acceptors (Lipinski definition) is 5. The fourth-order valence-electron chi connectivity index (χ4n) is 0.722. The molecule has 0 bridgehead atoms. The highest BCUT2D eigenvalue weighted by Crippen LogP contribution is 2.25. The van der Waals surface area contributed by atoms with Gasteiger partial charge in [-0.15, -0.1) is 5.10 Å². The van der Waals surface area contributed by atoms with Crippen LogP contribution in [0.3, 0.4) is 0 Å². The fraction of sp³-hybridized carbons (Fsp3) is 0.400. The molecule has 0 radical (unpaired) electrons. The molecule has 0 aliphatic heterocycles. The van der Waals surface area contributed by atoms with E-state index in [1.54, 1.807) is 0 Å². The molecule has 7 heteroatoms. The predicted octanol–water partition coefficient (Wildman–Crippen LogP) is 0.427. The van der Waals surface area contributed by atoms with Gasteiger partial charge in [0.05, 0.1) is 0 Å². The normalized spacial score (nSPS) is 12.8. The van der Waals surface area contributed by atoms with Crippen LogP contribution in [0.15, 0.2) is 3.79 Å². The summed E-state index contributed by atoms with van der Waals surface area (Å²) in [5, 5.41) is 12.4. The van der Waals surface area contributed by atoms with Crippen molar-refractivity contribution in [1.82, 2.24) is 9.59 Å². The maximum absolute atomic E-state index is 10.6. The van der Waals surface area contributed by atoms with Crippen molar-refractivity contribution >= 4 is 33.4 Å². The third-order valence-electron chi connectivity index (χ3n) is 1.33. The number of aliphatic carboxylic acids is 1. The molecule has 5 nitrogen and oxygen atoms in total. The summed E-state index contributed by atoms with van der Waals surface area (Å²) < 4.78 is 4.22. The molecular formula is C5H6BrN3O2S. The molecule has 0 spiro atoms. The van der Waals surface area contributed by atoms with Gasteiger partial charge in [-0.2, -0.15) is 0 Å². The van der Waals surface area contributed by atoms with Crippen molar-refractivity contribution in [2.45, 2.75) is 5.92 Å². The summed E-state index contributed by atoms with van der Waals surface area (Å²) >= 11 is 4.25. The Labute approximate surface area is 80.9 Å². The average molecular weight is 252 g/mol. The van der Waals surface area contributed by atoms with Crippen molar-refractivity contribution in [3.8, 4) is 0 Å². The van der Waals surface area contributed by atoms with Gasteiger partial charge in [-0.1, -0.05) is 4.49 Å². The zero-order valence-electron chi connectivity index (χ0n) is 5.90. The smallest absolute Gasteiger partial charge is 0.314 e. The Morgan fingerprint density at radius 1 is 1.83 bits per heavy atom. The van der Waals surface area contributed by atoms with E-state index < -0.39 is 11.9 Å². The van der Waals surface area contributed by atoms with Gasteiger partial charge in [0.25, 0.3) is 0 Å². The molecule has 0 amide bonds. The predicted molar refractivity (Wildman–Crippen MR) is 47.0 cm³/mol. The lowest BCUT2D eigenvalue weighted by Gasteiger charge is -2.04. The zero-order valence-corrected chi connectivity index (χ0v) is 8.30. The second-order valence-corrected chi connectivity index (χ2v) is 4.13. The van der Waals surface area contributed by atoms with Gasteiger partial charge in [-0.3, -0.25) is 4.79 Å². The van der Waals surface area contributed by atoms with Crippen molar-refractivity contribution in [3.63, 3.8) is 0 Å². The summed E-state index contributed by atoms with van der Waals surface area (Å²) in [6.45, 7) is 0.0271. The van der Waals surface area contributed by atoms with Crippen LogP contribution in [-0.2, 0) is 4.79 Å². The van der Waals surface area contributed by atoms with E-state index in [4.69, 9.17) is 10.8 Å². The Balaban J connectivity index is 2.94. The molecule has 0 saturated carbocycles. The molecule has 1 unspecified atom stereocenters. The van der Waals surface area contributed by atoms with Gasteiger partial charge in [0.15, 0.2) is 0 Å². The lowest BCUT2D eigenvalue weighted by atomic mass is 10.1. The van der Waals surface area contributed by atoms with E-state index in [9.17, 15) is 4.79 Å². The Bertz CT molecular complexity index is 290. The number of rotatable bonds is 3. The first-order valence-corrected chi connectivity index (χ1v) is 4.64. The Morgan fingerprint density at radius 3 is 2.83 bits per heavy atom. The minimum atomic E-state index is -0.981. The molecule has 0 fully saturated rings. The molecule has 0 aliphatic rings. The SMILES string of the molecule is NCC(C(=O)O)c1nnsc1Br. The molecule has 0 aliphatic carbocycles. The summed E-state index contributed by atoms with van der Waals surface area (Å²) in [4.78, 5) is 10.6. The standard InChI is InChI=1S/C5H6BrN3O2S/c6-4-3(8-9-12-4)2(1-7)5(10)11/h2H,1,7H2,(H,10,11). The first kappa shape index (κ1) is 9.56. The molecule has 1 heterocycles. The second kappa shape index (κ2) is 3.92. The van der Waals surface area contributed by atoms with E-state index in [1.165, 1.54) is 0 Å². The highest BCUT2D eigenvalue weighted by atomic mass is 79.9. The molecule has 3 N–H and O–H groups in total. The summed E-state index contributed by atoms with van der Waals surface area (Å²) in [5.41, 5.74) is 5.67. The fourth-order valence-corrected chi connectivity index (χ4v) is 1.75. The number of nitrogens with two attached hydrogens (primary N) is 1. The van der Waals surface area contributed by atoms with Crippen LogP contribution >= 0.6 is 27.5 Å². The third-order valence-corrected chi connectivity index (χ3v) is 2.71. The van der Waals surface area contributed by atoms with E-state index >= 15 is 0 Å². The van der Waals surface area contributed by atoms with Gasteiger partial charge in [0, 0.05) is 6.54 Å². The lowest BCUT2D eigenvalue weighted by Crippen LogP contribution is -2.21. The van der Waals surface area contributed by atoms with E-state index in [0.717, 1.165) is 11.5 Å². The van der Waals surface area contributed by atoms with E-state index in [1.807, 2.05) is 0 Å². The van der Waals surface area contributed by atoms with Crippen molar-refractivity contribution < 1.29 is 9.90 Å². The van der Waals surface area contributed by atoms with Crippen molar-refractivity contribution in [2.24, 2.45) is 5.73 Å². The van der Waals surface area contributed by atoms with Gasteiger partial charge in [0.1, 0.15) is 15.4 Å². The highest BCUT2D eigenvalue weighted by molar-refractivity contribution is 9.11. The average Bonchev–Trinajstić information content (AvgIpc) is 2.38. The van der Waals surface area contributed by atoms with Crippen LogP contribution in [0, 0.1) is 0 Å². The first-order chi connectivity index (χ1) is 5.66. The Hall–Kier alpha value is -0.530. The van der Waals surface area contributed by atoms with Crippen molar-refractivity contribution in [2.75, 3.05) is 6.54 Å². The van der Waals surface area contributed by atoms with Crippen LogP contribution < -0.4 is 5.73 Å². The monoisotopic (exact) mass is 251 g/mol. The first-order valence-electron chi connectivity index (χ1n) is 3.07. The van der Waals surface area contributed by atoms with Gasteiger partial charge >= 0.3 is 5.97 Å². The number of aromatic nitrogens is 2. The molecule has 1 atom stereocenters. The number of hydrogen-bond donors (Lipinski definition) is 2. The molecule has 1 aromatic rings. The van der Waals surface area contributed by atoms with Crippen LogP contribution in [0.1, 0.15) is 11.6 Å².